The highest BCUT2D eigenvalue weighted by Gasteiger charge is 2.36. The topological polar surface area (TPSA) is 142 Å². The molecule has 0 radical (unpaired) electrons. The summed E-state index contributed by atoms with van der Waals surface area (Å²) in [5, 5.41) is 13.7. The van der Waals surface area contributed by atoms with Crippen LogP contribution in [0.4, 0.5) is 17.1 Å². The Labute approximate surface area is 206 Å². The van der Waals surface area contributed by atoms with Crippen molar-refractivity contribution in [2.45, 2.75) is 40.3 Å². The summed E-state index contributed by atoms with van der Waals surface area (Å²) in [6.45, 7) is 7.94. The lowest BCUT2D eigenvalue weighted by Crippen LogP contribution is -2.39. The van der Waals surface area contributed by atoms with E-state index in [4.69, 9.17) is 27.2 Å². The molecule has 9 nitrogen and oxygen atoms in total. The zero-order valence-corrected chi connectivity index (χ0v) is 20.5. The molecule has 4 rings (SSSR count). The van der Waals surface area contributed by atoms with Gasteiger partial charge in [0.05, 0.1) is 23.8 Å². The molecule has 3 aromatic rings. The number of aryl methyl sites for hydroxylation is 1. The molecule has 35 heavy (non-hydrogen) atoms. The second-order valence-corrected chi connectivity index (χ2v) is 9.93. The summed E-state index contributed by atoms with van der Waals surface area (Å²) in [6.07, 6.45) is 2.28. The lowest BCUT2D eigenvalue weighted by molar-refractivity contribution is 0.0825. The summed E-state index contributed by atoms with van der Waals surface area (Å²) >= 11 is 6.34. The van der Waals surface area contributed by atoms with Gasteiger partial charge in [0, 0.05) is 16.8 Å². The Bertz CT molecular complexity index is 1440. The zero-order chi connectivity index (χ0) is 25.7. The third-order valence-electron chi connectivity index (χ3n) is 5.97. The van der Waals surface area contributed by atoms with Gasteiger partial charge in [-0.1, -0.05) is 32.4 Å². The Morgan fingerprint density at radius 1 is 1.17 bits per heavy atom. The predicted molar refractivity (Wildman–Crippen MR) is 136 cm³/mol. The normalized spacial score (nSPS) is 14.8. The number of nitrogens with zero attached hydrogens (tertiary/aromatic N) is 1. The molecule has 182 valence electrons. The van der Waals surface area contributed by atoms with E-state index in [0.717, 1.165) is 12.0 Å². The van der Waals surface area contributed by atoms with E-state index in [9.17, 15) is 14.4 Å². The lowest BCUT2D eigenvalue weighted by Gasteiger charge is -2.31. The van der Waals surface area contributed by atoms with Crippen molar-refractivity contribution in [1.29, 1.82) is 5.41 Å². The fraction of sp³-hybridized carbons (Fsp3) is 0.280. The number of anilines is 3. The van der Waals surface area contributed by atoms with Crippen LogP contribution in [0.3, 0.4) is 0 Å². The molecule has 0 spiro atoms. The van der Waals surface area contributed by atoms with Gasteiger partial charge in [-0.2, -0.15) is 0 Å². The number of rotatable bonds is 7. The molecule has 2 heterocycles. The first-order chi connectivity index (χ1) is 16.4. The minimum atomic E-state index is -0.690. The standard InChI is InChI=1S/C25H26ClN5O4/c1-12-5-8-16(35-12)23(25(2,3)4)30-20-19(21(32)22(20)33)29-15-7-6-14(26)13-11-31(17(28)9-10-27)24(34)18(13)15/h5-10,23,27,29-30H,11,28H2,1-4H3/b17-9+,27-10?/t23-/m0/s1. The maximum atomic E-state index is 13.1. The Morgan fingerprint density at radius 2 is 1.86 bits per heavy atom. The van der Waals surface area contributed by atoms with Crippen LogP contribution in [0, 0.1) is 17.7 Å². The van der Waals surface area contributed by atoms with Gasteiger partial charge in [0.1, 0.15) is 28.7 Å². The van der Waals surface area contributed by atoms with Crippen molar-refractivity contribution in [3.8, 4) is 0 Å². The van der Waals surface area contributed by atoms with E-state index in [0.29, 0.717) is 22.0 Å². The summed E-state index contributed by atoms with van der Waals surface area (Å²) in [6, 6.07) is 6.47. The maximum absolute atomic E-state index is 13.1. The third-order valence-corrected chi connectivity index (χ3v) is 6.32. The molecule has 10 heteroatoms. The Morgan fingerprint density at radius 3 is 2.46 bits per heavy atom. The van der Waals surface area contributed by atoms with E-state index in [1.807, 2.05) is 39.8 Å². The lowest BCUT2D eigenvalue weighted by atomic mass is 9.85. The fourth-order valence-electron chi connectivity index (χ4n) is 4.12. The molecule has 0 unspecified atom stereocenters. The molecule has 0 aliphatic carbocycles. The number of benzene rings is 1. The monoisotopic (exact) mass is 495 g/mol. The second kappa shape index (κ2) is 8.74. The number of carbonyl (C=O) groups excluding carboxylic acids is 1. The number of allylic oxidation sites excluding steroid dienone is 1. The molecule has 1 atom stereocenters. The zero-order valence-electron chi connectivity index (χ0n) is 19.8. The number of carbonyl (C=O) groups is 1. The largest absolute Gasteiger partial charge is 0.464 e. The molecule has 5 N–H and O–H groups in total. The molecule has 0 bridgehead atoms. The van der Waals surface area contributed by atoms with Gasteiger partial charge in [-0.05, 0) is 42.7 Å². The van der Waals surface area contributed by atoms with Gasteiger partial charge >= 0.3 is 0 Å². The number of fused-ring (bicyclic) bond motifs is 1. The SMILES string of the molecule is Cc1ccc([C@H](Nc2c(Nc3ccc(Cl)c4c3C(=O)N(/C(N)=C/C=N)C4)c(=O)c2=O)C(C)(C)C)o1. The average Bonchev–Trinajstić information content (AvgIpc) is 3.37. The van der Waals surface area contributed by atoms with Gasteiger partial charge in [-0.25, -0.2) is 0 Å². The highest BCUT2D eigenvalue weighted by Crippen LogP contribution is 2.40. The summed E-state index contributed by atoms with van der Waals surface area (Å²) in [5.41, 5.74) is 5.55. The van der Waals surface area contributed by atoms with Gasteiger partial charge in [0.2, 0.25) is 0 Å². The molecule has 0 saturated heterocycles. The molecule has 1 aliphatic heterocycles. The van der Waals surface area contributed by atoms with Gasteiger partial charge in [0.25, 0.3) is 16.8 Å². The first-order valence-corrected chi connectivity index (χ1v) is 11.3. The van der Waals surface area contributed by atoms with Crippen LogP contribution in [-0.2, 0) is 6.54 Å². The minimum absolute atomic E-state index is 0.0614. The number of nitrogens with two attached hydrogens (primary N) is 1. The van der Waals surface area contributed by atoms with Gasteiger partial charge in [-0.3, -0.25) is 19.3 Å². The number of furan rings is 1. The van der Waals surface area contributed by atoms with E-state index in [-0.39, 0.29) is 40.8 Å². The van der Waals surface area contributed by atoms with Crippen molar-refractivity contribution in [3.05, 3.63) is 84.3 Å². The molecule has 0 saturated carbocycles. The Balaban J connectivity index is 1.71. The first-order valence-electron chi connectivity index (χ1n) is 11.0. The van der Waals surface area contributed by atoms with E-state index >= 15 is 0 Å². The minimum Gasteiger partial charge on any atom is -0.464 e. The molecule has 1 aliphatic rings. The van der Waals surface area contributed by atoms with Crippen LogP contribution in [0.15, 0.2) is 50.2 Å². The summed E-state index contributed by atoms with van der Waals surface area (Å²) in [7, 11) is 0. The Kier molecular flexibility index (Phi) is 6.06. The quantitative estimate of drug-likeness (QED) is 0.284. The maximum Gasteiger partial charge on any atom is 0.262 e. The van der Waals surface area contributed by atoms with Crippen molar-refractivity contribution >= 4 is 40.8 Å². The van der Waals surface area contributed by atoms with Gasteiger partial charge < -0.3 is 26.2 Å². The predicted octanol–water partition coefficient (Wildman–Crippen LogP) is 4.19. The van der Waals surface area contributed by atoms with E-state index in [1.165, 1.54) is 11.0 Å². The number of hydrogen-bond donors (Lipinski definition) is 4. The summed E-state index contributed by atoms with van der Waals surface area (Å²) in [5.74, 6) is 1.05. The third kappa shape index (κ3) is 4.23. The molecule has 1 aromatic heterocycles. The fourth-order valence-corrected chi connectivity index (χ4v) is 4.34. The van der Waals surface area contributed by atoms with E-state index < -0.39 is 16.8 Å². The summed E-state index contributed by atoms with van der Waals surface area (Å²) < 4.78 is 5.80. The second-order valence-electron chi connectivity index (χ2n) is 9.52. The van der Waals surface area contributed by atoms with Crippen LogP contribution in [-0.4, -0.2) is 17.0 Å². The van der Waals surface area contributed by atoms with Crippen LogP contribution >= 0.6 is 11.6 Å². The number of amides is 1. The molecule has 2 aromatic carbocycles. The van der Waals surface area contributed by atoms with Crippen LogP contribution in [0.5, 0.6) is 0 Å². The van der Waals surface area contributed by atoms with Gasteiger partial charge in [0.15, 0.2) is 0 Å². The number of halogens is 1. The molecular weight excluding hydrogens is 470 g/mol. The van der Waals surface area contributed by atoms with Crippen molar-refractivity contribution in [2.24, 2.45) is 11.1 Å². The highest BCUT2D eigenvalue weighted by molar-refractivity contribution is 6.32. The van der Waals surface area contributed by atoms with E-state index in [1.54, 1.807) is 12.1 Å². The number of hydrogen-bond acceptors (Lipinski definition) is 8. The van der Waals surface area contributed by atoms with Crippen LogP contribution in [0.2, 0.25) is 5.02 Å². The molecular formula is C25H26ClN5O4. The molecule has 1 amide bonds. The van der Waals surface area contributed by atoms with Crippen molar-refractivity contribution < 1.29 is 9.21 Å². The van der Waals surface area contributed by atoms with Crippen LogP contribution in [0.1, 0.15) is 54.3 Å². The van der Waals surface area contributed by atoms with Crippen LogP contribution in [0.25, 0.3) is 0 Å². The summed E-state index contributed by atoms with van der Waals surface area (Å²) in [4.78, 5) is 39.5. The van der Waals surface area contributed by atoms with Crippen molar-refractivity contribution in [3.63, 3.8) is 0 Å². The Hall–Kier alpha value is -3.85. The number of nitrogens with one attached hydrogen (secondary N) is 3. The van der Waals surface area contributed by atoms with Crippen molar-refractivity contribution in [1.82, 2.24) is 4.90 Å². The molecule has 0 fully saturated rings. The highest BCUT2D eigenvalue weighted by atomic mass is 35.5. The smallest absolute Gasteiger partial charge is 0.262 e. The van der Waals surface area contributed by atoms with Gasteiger partial charge in [-0.15, -0.1) is 0 Å². The van der Waals surface area contributed by atoms with Crippen LogP contribution < -0.4 is 27.2 Å². The van der Waals surface area contributed by atoms with Crippen molar-refractivity contribution in [2.75, 3.05) is 10.6 Å². The van der Waals surface area contributed by atoms with E-state index in [2.05, 4.69) is 10.6 Å². The average molecular weight is 496 g/mol. The first kappa shape index (κ1) is 24.3.